The van der Waals surface area contributed by atoms with E-state index in [-0.39, 0.29) is 19.8 Å². The van der Waals surface area contributed by atoms with Crippen LogP contribution in [0.3, 0.4) is 0 Å². The van der Waals surface area contributed by atoms with Crippen LogP contribution in [-0.4, -0.2) is 69.8 Å². The van der Waals surface area contributed by atoms with Gasteiger partial charge in [-0.15, -0.1) is 0 Å². The molecule has 0 radical (unpaired) electrons. The summed E-state index contributed by atoms with van der Waals surface area (Å²) in [5.74, 6) is 0. The number of allylic oxidation sites excluding steroid dienone is 2. The van der Waals surface area contributed by atoms with E-state index < -0.39 is 13.9 Å². The number of aliphatic hydroxyl groups is 1. The Hall–Kier alpha value is -0.270. The van der Waals surface area contributed by atoms with Crippen molar-refractivity contribution in [1.82, 2.24) is 0 Å². The molecule has 0 spiro atoms. The molecule has 222 valence electrons. The van der Waals surface area contributed by atoms with Crippen LogP contribution in [0.1, 0.15) is 116 Å². The van der Waals surface area contributed by atoms with Crippen LogP contribution >= 0.6 is 7.82 Å². The molecule has 0 bridgehead atoms. The zero-order valence-electron chi connectivity index (χ0n) is 24.7. The molecular formula is C29H60NO6P. The molecule has 7 nitrogen and oxygen atoms in total. The average molecular weight is 550 g/mol. The Morgan fingerprint density at radius 2 is 1.22 bits per heavy atom. The monoisotopic (exact) mass is 549 g/mol. The standard InChI is InChI=1S/C29H60NO6P/c1-5-6-7-8-9-10-11-12-13-14-15-16-17-18-19-20-21-22-23-25-34-27-29(31)28-36-37(32,33)35-26-24-30(2,3)4/h13-14,29,31H,5-12,15-28H2,1-4H3/b14-13-. The van der Waals surface area contributed by atoms with Crippen molar-refractivity contribution >= 4 is 7.82 Å². The summed E-state index contributed by atoms with van der Waals surface area (Å²) in [5.41, 5.74) is 0. The van der Waals surface area contributed by atoms with E-state index in [1.54, 1.807) is 0 Å². The Bertz CT molecular complexity index is 567. The van der Waals surface area contributed by atoms with Gasteiger partial charge in [-0.3, -0.25) is 4.57 Å². The highest BCUT2D eigenvalue weighted by molar-refractivity contribution is 7.45. The first-order chi connectivity index (χ1) is 17.7. The lowest BCUT2D eigenvalue weighted by Gasteiger charge is -2.27. The van der Waals surface area contributed by atoms with Gasteiger partial charge in [-0.2, -0.15) is 0 Å². The van der Waals surface area contributed by atoms with Crippen LogP contribution in [-0.2, 0) is 18.3 Å². The van der Waals surface area contributed by atoms with Gasteiger partial charge in [0.1, 0.15) is 19.3 Å². The van der Waals surface area contributed by atoms with E-state index in [0.717, 1.165) is 12.8 Å². The number of aliphatic hydroxyl groups excluding tert-OH is 1. The molecule has 0 aliphatic carbocycles. The Labute approximate surface area is 229 Å². The highest BCUT2D eigenvalue weighted by Gasteiger charge is 2.15. The van der Waals surface area contributed by atoms with Crippen LogP contribution in [0.15, 0.2) is 12.2 Å². The number of nitrogens with zero attached hydrogens (tertiary/aromatic N) is 1. The van der Waals surface area contributed by atoms with Crippen LogP contribution in [0.5, 0.6) is 0 Å². The molecule has 0 fully saturated rings. The molecule has 8 heteroatoms. The first-order valence-electron chi connectivity index (χ1n) is 15.0. The summed E-state index contributed by atoms with van der Waals surface area (Å²) in [6, 6.07) is 0. The molecular weight excluding hydrogens is 489 g/mol. The second kappa shape index (κ2) is 24.7. The molecule has 0 aliphatic rings. The van der Waals surface area contributed by atoms with Gasteiger partial charge in [-0.05, 0) is 32.1 Å². The van der Waals surface area contributed by atoms with Gasteiger partial charge in [0.05, 0.1) is 34.4 Å². The second-order valence-electron chi connectivity index (χ2n) is 11.3. The van der Waals surface area contributed by atoms with Crippen LogP contribution in [0.25, 0.3) is 0 Å². The maximum Gasteiger partial charge on any atom is 0.268 e. The molecule has 0 rings (SSSR count). The minimum Gasteiger partial charge on any atom is -0.756 e. The zero-order chi connectivity index (χ0) is 27.7. The van der Waals surface area contributed by atoms with E-state index in [1.807, 2.05) is 21.1 Å². The number of rotatable bonds is 28. The fourth-order valence-corrected chi connectivity index (χ4v) is 4.62. The minimum atomic E-state index is -4.39. The average Bonchev–Trinajstić information content (AvgIpc) is 2.83. The Morgan fingerprint density at radius 1 is 0.730 bits per heavy atom. The third-order valence-electron chi connectivity index (χ3n) is 6.30. The van der Waals surface area contributed by atoms with Gasteiger partial charge in [-0.25, -0.2) is 0 Å². The summed E-state index contributed by atoms with van der Waals surface area (Å²) in [6.07, 6.45) is 25.7. The summed E-state index contributed by atoms with van der Waals surface area (Å²) < 4.78 is 27.3. The molecule has 0 aliphatic heterocycles. The van der Waals surface area contributed by atoms with Gasteiger partial charge in [0.25, 0.3) is 7.82 Å². The summed E-state index contributed by atoms with van der Waals surface area (Å²) in [5, 5.41) is 9.85. The van der Waals surface area contributed by atoms with Crippen molar-refractivity contribution in [3.8, 4) is 0 Å². The van der Waals surface area contributed by atoms with E-state index in [9.17, 15) is 14.6 Å². The molecule has 37 heavy (non-hydrogen) atoms. The summed E-state index contributed by atoms with van der Waals surface area (Å²) >= 11 is 0. The van der Waals surface area contributed by atoms with Crippen LogP contribution in [0.4, 0.5) is 0 Å². The molecule has 0 saturated heterocycles. The number of phosphoric acid groups is 1. The fraction of sp³-hybridized carbons (Fsp3) is 0.931. The molecule has 1 N–H and O–H groups in total. The molecule has 0 heterocycles. The first-order valence-corrected chi connectivity index (χ1v) is 16.4. The van der Waals surface area contributed by atoms with Gasteiger partial charge in [0.2, 0.25) is 0 Å². The highest BCUT2D eigenvalue weighted by Crippen LogP contribution is 2.38. The number of quaternary nitrogens is 1. The molecule has 2 atom stereocenters. The van der Waals surface area contributed by atoms with E-state index >= 15 is 0 Å². The lowest BCUT2D eigenvalue weighted by molar-refractivity contribution is -0.870. The minimum absolute atomic E-state index is 0.0492. The zero-order valence-corrected chi connectivity index (χ0v) is 25.6. The van der Waals surface area contributed by atoms with Crippen molar-refractivity contribution in [3.05, 3.63) is 12.2 Å². The number of hydrogen-bond donors (Lipinski definition) is 1. The van der Waals surface area contributed by atoms with Crippen molar-refractivity contribution in [2.45, 2.75) is 122 Å². The Balaban J connectivity index is 3.38. The predicted octanol–water partition coefficient (Wildman–Crippen LogP) is 6.78. The highest BCUT2D eigenvalue weighted by atomic mass is 31.2. The van der Waals surface area contributed by atoms with Gasteiger partial charge < -0.3 is 28.3 Å². The SMILES string of the molecule is CCCCCCCCC/C=C\CCCCCCCCCCOCC(O)COP(=O)([O-])OCC[N+](C)(C)C. The second-order valence-corrected chi connectivity index (χ2v) is 12.7. The Kier molecular flexibility index (Phi) is 24.6. The van der Waals surface area contributed by atoms with Gasteiger partial charge in [0, 0.05) is 6.61 Å². The fourth-order valence-electron chi connectivity index (χ4n) is 3.89. The number of unbranched alkanes of at least 4 members (excludes halogenated alkanes) is 15. The molecule has 2 unspecified atom stereocenters. The Morgan fingerprint density at radius 3 is 1.73 bits per heavy atom. The summed E-state index contributed by atoms with van der Waals surface area (Å²) in [6.45, 7) is 3.14. The largest absolute Gasteiger partial charge is 0.756 e. The summed E-state index contributed by atoms with van der Waals surface area (Å²) in [4.78, 5) is 11.7. The molecule has 0 aromatic rings. The van der Waals surface area contributed by atoms with Gasteiger partial charge >= 0.3 is 0 Å². The van der Waals surface area contributed by atoms with Crippen LogP contribution in [0, 0.1) is 0 Å². The maximum absolute atomic E-state index is 11.7. The molecule has 0 aromatic carbocycles. The number of ether oxygens (including phenoxy) is 1. The molecule has 0 aromatic heterocycles. The van der Waals surface area contributed by atoms with Crippen LogP contribution < -0.4 is 4.89 Å². The molecule has 0 saturated carbocycles. The third-order valence-corrected chi connectivity index (χ3v) is 7.26. The topological polar surface area (TPSA) is 88.0 Å². The lowest BCUT2D eigenvalue weighted by atomic mass is 10.1. The van der Waals surface area contributed by atoms with Crippen molar-refractivity contribution in [3.63, 3.8) is 0 Å². The van der Waals surface area contributed by atoms with Gasteiger partial charge in [-0.1, -0.05) is 96.1 Å². The lowest BCUT2D eigenvalue weighted by Crippen LogP contribution is -2.37. The van der Waals surface area contributed by atoms with E-state index in [4.69, 9.17) is 13.8 Å². The van der Waals surface area contributed by atoms with E-state index in [0.29, 0.717) is 17.6 Å². The normalized spacial score (nSPS) is 14.9. The molecule has 0 amide bonds. The number of hydrogen-bond acceptors (Lipinski definition) is 6. The van der Waals surface area contributed by atoms with Gasteiger partial charge in [0.15, 0.2) is 0 Å². The number of phosphoric ester groups is 1. The number of likely N-dealkylation sites (N-methyl/N-ethyl adjacent to an activating group) is 1. The van der Waals surface area contributed by atoms with E-state index in [1.165, 1.54) is 96.3 Å². The van der Waals surface area contributed by atoms with Crippen molar-refractivity contribution < 1.29 is 32.8 Å². The smallest absolute Gasteiger partial charge is 0.268 e. The van der Waals surface area contributed by atoms with Crippen molar-refractivity contribution in [1.29, 1.82) is 0 Å². The van der Waals surface area contributed by atoms with Crippen LogP contribution in [0.2, 0.25) is 0 Å². The van der Waals surface area contributed by atoms with Crippen molar-refractivity contribution in [2.24, 2.45) is 0 Å². The summed E-state index contributed by atoms with van der Waals surface area (Å²) in [7, 11) is 1.44. The van der Waals surface area contributed by atoms with E-state index in [2.05, 4.69) is 19.1 Å². The first kappa shape index (κ1) is 36.7. The maximum atomic E-state index is 11.7. The quantitative estimate of drug-likeness (QED) is 0.0501. The third kappa shape index (κ3) is 30.1. The predicted molar refractivity (Wildman–Crippen MR) is 153 cm³/mol. The van der Waals surface area contributed by atoms with Crippen molar-refractivity contribution in [2.75, 3.05) is 54.1 Å².